The van der Waals surface area contributed by atoms with Gasteiger partial charge in [-0.1, -0.05) is 34.1 Å². The number of halogens is 2. The first-order chi connectivity index (χ1) is 10.2. The highest BCUT2D eigenvalue weighted by atomic mass is 79.9. The summed E-state index contributed by atoms with van der Waals surface area (Å²) in [7, 11) is 1.89. The number of nitrogens with one attached hydrogen (secondary N) is 1. The Morgan fingerprint density at radius 2 is 1.95 bits per heavy atom. The maximum atomic E-state index is 14.1. The van der Waals surface area contributed by atoms with Crippen LogP contribution in [0, 0.1) is 5.82 Å². The van der Waals surface area contributed by atoms with Crippen LogP contribution in [0.1, 0.15) is 34.7 Å². The van der Waals surface area contributed by atoms with Gasteiger partial charge in [-0.3, -0.25) is 0 Å². The summed E-state index contributed by atoms with van der Waals surface area (Å²) in [6.45, 7) is 0. The molecular weight excluding hydrogens is 329 g/mol. The van der Waals surface area contributed by atoms with Gasteiger partial charge in [-0.2, -0.15) is 0 Å². The maximum absolute atomic E-state index is 14.1. The molecule has 0 saturated heterocycles. The van der Waals surface area contributed by atoms with Crippen LogP contribution in [-0.4, -0.2) is 7.05 Å². The Balaban J connectivity index is 1.86. The van der Waals surface area contributed by atoms with E-state index in [0.29, 0.717) is 5.56 Å². The molecule has 3 rings (SSSR count). The molecule has 1 unspecified atom stereocenters. The maximum Gasteiger partial charge on any atom is 0.128 e. The lowest BCUT2D eigenvalue weighted by Crippen LogP contribution is -2.20. The van der Waals surface area contributed by atoms with Crippen LogP contribution in [0.2, 0.25) is 0 Å². The van der Waals surface area contributed by atoms with Crippen LogP contribution >= 0.6 is 15.9 Å². The monoisotopic (exact) mass is 347 g/mol. The Hall–Kier alpha value is -1.19. The lowest BCUT2D eigenvalue weighted by Gasteiger charge is -2.18. The molecule has 0 saturated carbocycles. The summed E-state index contributed by atoms with van der Waals surface area (Å²) in [5.74, 6) is -0.154. The second-order valence-electron chi connectivity index (χ2n) is 5.67. The molecule has 2 aromatic carbocycles. The molecule has 0 fully saturated rings. The second kappa shape index (κ2) is 6.29. The summed E-state index contributed by atoms with van der Waals surface area (Å²) < 4.78 is 15.0. The van der Waals surface area contributed by atoms with Crippen molar-refractivity contribution in [3.05, 3.63) is 68.9 Å². The molecule has 1 N–H and O–H groups in total. The number of likely N-dealkylation sites (N-methyl/N-ethyl adjacent to an activating group) is 1. The highest BCUT2D eigenvalue weighted by molar-refractivity contribution is 9.10. The second-order valence-corrected chi connectivity index (χ2v) is 6.58. The van der Waals surface area contributed by atoms with Gasteiger partial charge in [0, 0.05) is 16.1 Å². The third-order valence-electron chi connectivity index (χ3n) is 4.28. The van der Waals surface area contributed by atoms with Crippen LogP contribution < -0.4 is 5.32 Å². The highest BCUT2D eigenvalue weighted by Crippen LogP contribution is 2.27. The number of aryl methyl sites for hydroxylation is 2. The van der Waals surface area contributed by atoms with Crippen molar-refractivity contribution in [3.63, 3.8) is 0 Å². The minimum absolute atomic E-state index is 0.0121. The van der Waals surface area contributed by atoms with Gasteiger partial charge >= 0.3 is 0 Å². The normalized spacial score (nSPS) is 15.0. The van der Waals surface area contributed by atoms with Gasteiger partial charge in [0.05, 0.1) is 0 Å². The molecule has 1 aliphatic carbocycles. The van der Waals surface area contributed by atoms with E-state index in [2.05, 4.69) is 39.4 Å². The fourth-order valence-corrected chi connectivity index (χ4v) is 3.52. The molecular formula is C18H19BrFN. The molecule has 110 valence electrons. The van der Waals surface area contributed by atoms with Crippen molar-refractivity contribution in [1.29, 1.82) is 0 Å². The third-order valence-corrected chi connectivity index (χ3v) is 4.78. The first-order valence-electron chi connectivity index (χ1n) is 7.40. The zero-order valence-electron chi connectivity index (χ0n) is 12.1. The van der Waals surface area contributed by atoms with E-state index < -0.39 is 0 Å². The van der Waals surface area contributed by atoms with Crippen molar-refractivity contribution < 1.29 is 4.39 Å². The van der Waals surface area contributed by atoms with Crippen LogP contribution in [0.5, 0.6) is 0 Å². The standard InChI is InChI=1S/C18H19BrFN/c1-21-18(16-11-15(19)7-8-17(16)20)10-12-5-6-13-3-2-4-14(13)9-12/h5-9,11,18,21H,2-4,10H2,1H3. The molecule has 0 heterocycles. The van der Waals surface area contributed by atoms with Gasteiger partial charge in [0.1, 0.15) is 5.82 Å². The Bertz CT molecular complexity index is 654. The molecule has 1 atom stereocenters. The van der Waals surface area contributed by atoms with E-state index in [9.17, 15) is 4.39 Å². The molecule has 0 amide bonds. The zero-order valence-corrected chi connectivity index (χ0v) is 13.7. The third kappa shape index (κ3) is 3.19. The summed E-state index contributed by atoms with van der Waals surface area (Å²) in [6, 6.07) is 11.8. The fourth-order valence-electron chi connectivity index (χ4n) is 3.14. The van der Waals surface area contributed by atoms with Gasteiger partial charge < -0.3 is 5.32 Å². The average Bonchev–Trinajstić information content (AvgIpc) is 2.95. The molecule has 0 spiro atoms. The lowest BCUT2D eigenvalue weighted by molar-refractivity contribution is 0.533. The van der Waals surface area contributed by atoms with Crippen LogP contribution in [0.25, 0.3) is 0 Å². The van der Waals surface area contributed by atoms with Crippen molar-refractivity contribution >= 4 is 15.9 Å². The van der Waals surface area contributed by atoms with E-state index in [0.717, 1.165) is 10.9 Å². The summed E-state index contributed by atoms with van der Waals surface area (Å²) in [6.07, 6.45) is 4.44. The van der Waals surface area contributed by atoms with Gasteiger partial charge in [0.2, 0.25) is 0 Å². The summed E-state index contributed by atoms with van der Waals surface area (Å²) in [5, 5.41) is 3.24. The van der Waals surface area contributed by atoms with E-state index in [1.807, 2.05) is 13.1 Å². The summed E-state index contributed by atoms with van der Waals surface area (Å²) >= 11 is 3.43. The van der Waals surface area contributed by atoms with E-state index in [1.165, 1.54) is 42.0 Å². The van der Waals surface area contributed by atoms with Crippen molar-refractivity contribution in [3.8, 4) is 0 Å². The molecule has 3 heteroatoms. The Labute approximate surface area is 133 Å². The molecule has 1 aliphatic rings. The molecule has 0 aliphatic heterocycles. The van der Waals surface area contributed by atoms with Gasteiger partial charge in [-0.15, -0.1) is 0 Å². The van der Waals surface area contributed by atoms with Crippen molar-refractivity contribution in [1.82, 2.24) is 5.32 Å². The first-order valence-corrected chi connectivity index (χ1v) is 8.19. The first kappa shape index (κ1) is 14.7. The van der Waals surface area contributed by atoms with E-state index >= 15 is 0 Å². The quantitative estimate of drug-likeness (QED) is 0.853. The van der Waals surface area contributed by atoms with Gasteiger partial charge in [0.15, 0.2) is 0 Å². The molecule has 0 bridgehead atoms. The van der Waals surface area contributed by atoms with E-state index in [4.69, 9.17) is 0 Å². The lowest BCUT2D eigenvalue weighted by atomic mass is 9.96. The molecule has 0 aromatic heterocycles. The van der Waals surface area contributed by atoms with Crippen molar-refractivity contribution in [2.45, 2.75) is 31.7 Å². The smallest absolute Gasteiger partial charge is 0.128 e. The van der Waals surface area contributed by atoms with E-state index in [1.54, 1.807) is 6.07 Å². The average molecular weight is 348 g/mol. The highest BCUT2D eigenvalue weighted by Gasteiger charge is 2.17. The van der Waals surface area contributed by atoms with Crippen LogP contribution in [0.15, 0.2) is 40.9 Å². The Morgan fingerprint density at radius 3 is 2.76 bits per heavy atom. The van der Waals surface area contributed by atoms with E-state index in [-0.39, 0.29) is 11.9 Å². The predicted molar refractivity (Wildman–Crippen MR) is 88.1 cm³/mol. The molecule has 0 radical (unpaired) electrons. The Morgan fingerprint density at radius 1 is 1.14 bits per heavy atom. The topological polar surface area (TPSA) is 12.0 Å². The predicted octanol–water partition coefficient (Wildman–Crippen LogP) is 4.58. The number of benzene rings is 2. The molecule has 1 nitrogen and oxygen atoms in total. The Kier molecular flexibility index (Phi) is 4.41. The largest absolute Gasteiger partial charge is 0.313 e. The number of hydrogen-bond donors (Lipinski definition) is 1. The van der Waals surface area contributed by atoms with Crippen molar-refractivity contribution in [2.75, 3.05) is 7.05 Å². The van der Waals surface area contributed by atoms with Gasteiger partial charge in [0.25, 0.3) is 0 Å². The van der Waals surface area contributed by atoms with Crippen LogP contribution in [-0.2, 0) is 19.3 Å². The zero-order chi connectivity index (χ0) is 14.8. The van der Waals surface area contributed by atoms with Gasteiger partial charge in [-0.25, -0.2) is 4.39 Å². The minimum atomic E-state index is -0.154. The summed E-state index contributed by atoms with van der Waals surface area (Å²) in [4.78, 5) is 0. The van der Waals surface area contributed by atoms with Crippen LogP contribution in [0.3, 0.4) is 0 Å². The van der Waals surface area contributed by atoms with Crippen LogP contribution in [0.4, 0.5) is 4.39 Å². The molecule has 21 heavy (non-hydrogen) atoms. The minimum Gasteiger partial charge on any atom is -0.313 e. The molecule has 2 aromatic rings. The number of fused-ring (bicyclic) bond motifs is 1. The fraction of sp³-hybridized carbons (Fsp3) is 0.333. The number of rotatable bonds is 4. The number of hydrogen-bond acceptors (Lipinski definition) is 1. The van der Waals surface area contributed by atoms with Gasteiger partial charge in [-0.05, 0) is 67.6 Å². The summed E-state index contributed by atoms with van der Waals surface area (Å²) in [5.41, 5.74) is 4.94. The SMILES string of the molecule is CNC(Cc1ccc2c(c1)CCC2)c1cc(Br)ccc1F. The van der Waals surface area contributed by atoms with Crippen molar-refractivity contribution in [2.24, 2.45) is 0 Å².